The highest BCUT2D eigenvalue weighted by Gasteiger charge is 2.16. The van der Waals surface area contributed by atoms with E-state index in [4.69, 9.17) is 5.73 Å². The number of nitrogens with two attached hydrogens (primary N) is 1. The van der Waals surface area contributed by atoms with Gasteiger partial charge in [0, 0.05) is 5.69 Å². The maximum atomic E-state index is 13.9. The van der Waals surface area contributed by atoms with Crippen molar-refractivity contribution >= 4 is 17.1 Å². The highest BCUT2D eigenvalue weighted by Crippen LogP contribution is 2.36. The van der Waals surface area contributed by atoms with E-state index >= 15 is 0 Å². The van der Waals surface area contributed by atoms with Gasteiger partial charge in [-0.15, -0.1) is 0 Å². The SMILES string of the molecule is CC(C)c1cc(F)cc(C(C)C)c1Nc1ccccc1N. The summed E-state index contributed by atoms with van der Waals surface area (Å²) in [6, 6.07) is 10.9. The zero-order valence-corrected chi connectivity index (χ0v) is 13.1. The number of para-hydroxylation sites is 2. The largest absolute Gasteiger partial charge is 0.397 e. The van der Waals surface area contributed by atoms with Crippen LogP contribution in [0, 0.1) is 5.82 Å². The molecule has 0 fully saturated rings. The van der Waals surface area contributed by atoms with Crippen LogP contribution < -0.4 is 11.1 Å². The van der Waals surface area contributed by atoms with Crippen molar-refractivity contribution in [1.82, 2.24) is 0 Å². The summed E-state index contributed by atoms with van der Waals surface area (Å²) in [4.78, 5) is 0. The van der Waals surface area contributed by atoms with Crippen molar-refractivity contribution in [3.8, 4) is 0 Å². The molecule has 2 aromatic carbocycles. The van der Waals surface area contributed by atoms with Crippen LogP contribution in [0.1, 0.15) is 50.7 Å². The number of halogens is 1. The normalized spacial score (nSPS) is 11.2. The van der Waals surface area contributed by atoms with Crippen LogP contribution in [0.15, 0.2) is 36.4 Å². The minimum atomic E-state index is -0.186. The van der Waals surface area contributed by atoms with Crippen LogP contribution in [0.25, 0.3) is 0 Å². The van der Waals surface area contributed by atoms with Crippen molar-refractivity contribution in [2.45, 2.75) is 39.5 Å². The van der Waals surface area contributed by atoms with Crippen LogP contribution in [0.3, 0.4) is 0 Å². The number of nitrogen functional groups attached to an aromatic ring is 1. The Morgan fingerprint density at radius 2 is 1.48 bits per heavy atom. The summed E-state index contributed by atoms with van der Waals surface area (Å²) < 4.78 is 13.9. The zero-order chi connectivity index (χ0) is 15.6. The Balaban J connectivity index is 2.57. The Hall–Kier alpha value is -2.03. The lowest BCUT2D eigenvalue weighted by molar-refractivity contribution is 0.619. The van der Waals surface area contributed by atoms with Crippen LogP contribution in [0.5, 0.6) is 0 Å². The van der Waals surface area contributed by atoms with Crippen molar-refractivity contribution in [3.05, 3.63) is 53.3 Å². The molecular weight excluding hydrogens is 263 g/mol. The molecule has 0 amide bonds. The average Bonchev–Trinajstić information content (AvgIpc) is 2.42. The molecule has 0 unspecified atom stereocenters. The van der Waals surface area contributed by atoms with Crippen molar-refractivity contribution in [2.75, 3.05) is 11.1 Å². The fourth-order valence-electron chi connectivity index (χ4n) is 2.45. The number of hydrogen-bond acceptors (Lipinski definition) is 2. The predicted octanol–water partition coefficient (Wildman–Crippen LogP) is 5.40. The summed E-state index contributed by atoms with van der Waals surface area (Å²) in [7, 11) is 0. The molecule has 3 N–H and O–H groups in total. The van der Waals surface area contributed by atoms with Crippen LogP contribution in [-0.2, 0) is 0 Å². The molecule has 112 valence electrons. The Bertz CT molecular complexity index is 604. The highest BCUT2D eigenvalue weighted by molar-refractivity contribution is 5.76. The predicted molar refractivity (Wildman–Crippen MR) is 88.7 cm³/mol. The first kappa shape index (κ1) is 15.4. The molecule has 0 aliphatic rings. The third kappa shape index (κ3) is 3.35. The molecule has 21 heavy (non-hydrogen) atoms. The van der Waals surface area contributed by atoms with E-state index in [0.717, 1.165) is 22.5 Å². The number of hydrogen-bond donors (Lipinski definition) is 2. The van der Waals surface area contributed by atoms with E-state index in [-0.39, 0.29) is 17.7 Å². The summed E-state index contributed by atoms with van der Waals surface area (Å²) in [5, 5.41) is 3.41. The summed E-state index contributed by atoms with van der Waals surface area (Å²) in [5.74, 6) is 0.269. The van der Waals surface area contributed by atoms with Gasteiger partial charge in [0.2, 0.25) is 0 Å². The van der Waals surface area contributed by atoms with E-state index in [1.165, 1.54) is 0 Å². The van der Waals surface area contributed by atoms with Crippen molar-refractivity contribution in [3.63, 3.8) is 0 Å². The molecule has 2 nitrogen and oxygen atoms in total. The Kier molecular flexibility index (Phi) is 4.51. The van der Waals surface area contributed by atoms with Gasteiger partial charge >= 0.3 is 0 Å². The number of benzene rings is 2. The van der Waals surface area contributed by atoms with Gasteiger partial charge in [-0.25, -0.2) is 4.39 Å². The minimum Gasteiger partial charge on any atom is -0.397 e. The van der Waals surface area contributed by atoms with Gasteiger partial charge in [0.25, 0.3) is 0 Å². The van der Waals surface area contributed by atoms with Crippen molar-refractivity contribution < 1.29 is 4.39 Å². The first-order valence-electron chi connectivity index (χ1n) is 7.35. The summed E-state index contributed by atoms with van der Waals surface area (Å²) >= 11 is 0. The molecule has 0 heterocycles. The summed E-state index contributed by atoms with van der Waals surface area (Å²) in [6.07, 6.45) is 0. The smallest absolute Gasteiger partial charge is 0.123 e. The lowest BCUT2D eigenvalue weighted by atomic mass is 9.92. The molecule has 0 radical (unpaired) electrons. The van der Waals surface area contributed by atoms with E-state index in [2.05, 4.69) is 33.0 Å². The fourth-order valence-corrected chi connectivity index (χ4v) is 2.45. The number of anilines is 3. The minimum absolute atomic E-state index is 0.186. The highest BCUT2D eigenvalue weighted by atomic mass is 19.1. The third-order valence-electron chi connectivity index (χ3n) is 3.63. The molecule has 0 atom stereocenters. The van der Waals surface area contributed by atoms with E-state index in [1.54, 1.807) is 12.1 Å². The molecule has 0 aliphatic heterocycles. The van der Waals surface area contributed by atoms with Gasteiger partial charge in [-0.05, 0) is 47.2 Å². The molecule has 0 bridgehead atoms. The van der Waals surface area contributed by atoms with Crippen molar-refractivity contribution in [1.29, 1.82) is 0 Å². The lowest BCUT2D eigenvalue weighted by Crippen LogP contribution is -2.06. The summed E-state index contributed by atoms with van der Waals surface area (Å²) in [6.45, 7) is 8.27. The molecule has 2 rings (SSSR count). The van der Waals surface area contributed by atoms with Gasteiger partial charge < -0.3 is 11.1 Å². The van der Waals surface area contributed by atoms with Crippen LogP contribution >= 0.6 is 0 Å². The molecule has 0 saturated heterocycles. The first-order chi connectivity index (χ1) is 9.90. The van der Waals surface area contributed by atoms with Gasteiger partial charge in [0.15, 0.2) is 0 Å². The monoisotopic (exact) mass is 286 g/mol. The van der Waals surface area contributed by atoms with Crippen molar-refractivity contribution in [2.24, 2.45) is 0 Å². The van der Waals surface area contributed by atoms with E-state index in [1.807, 2.05) is 24.3 Å². The molecule has 0 aromatic heterocycles. The number of nitrogens with one attached hydrogen (secondary N) is 1. The molecular formula is C18H23FN2. The maximum absolute atomic E-state index is 13.9. The van der Waals surface area contributed by atoms with Gasteiger partial charge in [-0.3, -0.25) is 0 Å². The van der Waals surface area contributed by atoms with Crippen LogP contribution in [-0.4, -0.2) is 0 Å². The molecule has 0 spiro atoms. The van der Waals surface area contributed by atoms with Gasteiger partial charge in [-0.2, -0.15) is 0 Å². The van der Waals surface area contributed by atoms with Crippen LogP contribution in [0.4, 0.5) is 21.5 Å². The maximum Gasteiger partial charge on any atom is 0.123 e. The van der Waals surface area contributed by atoms with Crippen LogP contribution in [0.2, 0.25) is 0 Å². The molecule has 0 aliphatic carbocycles. The molecule has 0 saturated carbocycles. The first-order valence-corrected chi connectivity index (χ1v) is 7.35. The Labute approximate surface area is 126 Å². The second-order valence-electron chi connectivity index (χ2n) is 5.98. The average molecular weight is 286 g/mol. The fraction of sp³-hybridized carbons (Fsp3) is 0.333. The topological polar surface area (TPSA) is 38.0 Å². The summed E-state index contributed by atoms with van der Waals surface area (Å²) in [5.41, 5.74) is 10.5. The zero-order valence-electron chi connectivity index (χ0n) is 13.1. The number of rotatable bonds is 4. The second kappa shape index (κ2) is 6.17. The Morgan fingerprint density at radius 1 is 0.952 bits per heavy atom. The lowest BCUT2D eigenvalue weighted by Gasteiger charge is -2.22. The van der Waals surface area contributed by atoms with Gasteiger partial charge in [-0.1, -0.05) is 39.8 Å². The van der Waals surface area contributed by atoms with E-state index in [9.17, 15) is 4.39 Å². The van der Waals surface area contributed by atoms with E-state index < -0.39 is 0 Å². The van der Waals surface area contributed by atoms with Gasteiger partial charge in [0.1, 0.15) is 5.82 Å². The Morgan fingerprint density at radius 3 is 1.95 bits per heavy atom. The van der Waals surface area contributed by atoms with E-state index in [0.29, 0.717) is 5.69 Å². The quantitative estimate of drug-likeness (QED) is 0.739. The second-order valence-corrected chi connectivity index (χ2v) is 5.98. The third-order valence-corrected chi connectivity index (χ3v) is 3.63. The standard InChI is InChI=1S/C18H23FN2/c1-11(2)14-9-13(19)10-15(12(3)4)18(14)21-17-8-6-5-7-16(17)20/h5-12,21H,20H2,1-4H3. The van der Waals surface area contributed by atoms with Gasteiger partial charge in [0.05, 0.1) is 11.4 Å². The molecule has 2 aromatic rings. The molecule has 3 heteroatoms.